The molecule has 0 amide bonds. The third-order valence-corrected chi connectivity index (χ3v) is 4.53. The lowest BCUT2D eigenvalue weighted by molar-refractivity contribution is 0.483. The van der Waals surface area contributed by atoms with E-state index in [2.05, 4.69) is 38.4 Å². The van der Waals surface area contributed by atoms with Gasteiger partial charge in [-0.25, -0.2) is 15.0 Å². The summed E-state index contributed by atoms with van der Waals surface area (Å²) in [7, 11) is 1.95. The van der Waals surface area contributed by atoms with Gasteiger partial charge in [0.2, 0.25) is 0 Å². The average molecular weight is 405 g/mol. The van der Waals surface area contributed by atoms with Crippen LogP contribution in [0.3, 0.4) is 0 Å². The van der Waals surface area contributed by atoms with E-state index in [1.54, 1.807) is 18.5 Å². The third-order valence-electron chi connectivity index (χ3n) is 4.24. The van der Waals surface area contributed by atoms with Crippen LogP contribution < -0.4 is 10.1 Å². The fourth-order valence-electron chi connectivity index (χ4n) is 2.84. The molecule has 0 bridgehead atoms. The molecule has 8 heteroatoms. The molecule has 0 unspecified atom stereocenters. The molecule has 1 aliphatic rings. The highest BCUT2D eigenvalue weighted by Crippen LogP contribution is 2.33. The Bertz CT molecular complexity index is 1220. The zero-order chi connectivity index (χ0) is 20.4. The molecule has 1 N–H and O–H groups in total. The number of amidine groups is 1. The Morgan fingerprint density at radius 2 is 2.10 bits per heavy atom. The van der Waals surface area contributed by atoms with Crippen molar-refractivity contribution >= 4 is 46.2 Å². The molecule has 2 aromatic carbocycles. The summed E-state index contributed by atoms with van der Waals surface area (Å²) in [6.07, 6.45) is 4.60. The quantitative estimate of drug-likeness (QED) is 0.667. The van der Waals surface area contributed by atoms with Crippen molar-refractivity contribution in [2.45, 2.75) is 0 Å². The second kappa shape index (κ2) is 7.73. The van der Waals surface area contributed by atoms with Crippen LogP contribution >= 0.6 is 11.6 Å². The van der Waals surface area contributed by atoms with E-state index in [9.17, 15) is 0 Å². The van der Waals surface area contributed by atoms with Crippen molar-refractivity contribution in [2.24, 2.45) is 22.0 Å². The number of nitrogens with zero attached hydrogens (tertiary/aromatic N) is 5. The number of hydrogen-bond acceptors (Lipinski definition) is 6. The Labute approximate surface area is 172 Å². The van der Waals surface area contributed by atoms with Crippen LogP contribution in [-0.2, 0) is 7.05 Å². The second-order valence-electron chi connectivity index (χ2n) is 6.21. The number of halogens is 1. The molecular weight excluding hydrogens is 388 g/mol. The third kappa shape index (κ3) is 3.81. The molecule has 1 aromatic heterocycles. The molecule has 0 saturated heterocycles. The number of aromatic nitrogens is 2. The highest BCUT2D eigenvalue weighted by Gasteiger charge is 2.16. The van der Waals surface area contributed by atoms with E-state index in [1.165, 1.54) is 12.5 Å². The standard InChI is InChI=1S/C21H17ClN6O/c1-4-23-20-13(2)24-11-25-21(20)27-14-5-8-19(16(22)9-14)29-15-6-7-18-17(10-15)26-12-28(18)3/h4-12H,1-2H2,3H3,(H,24,25,27)/b23-20+. The van der Waals surface area contributed by atoms with Crippen LogP contribution in [0.2, 0.25) is 5.02 Å². The smallest absolute Gasteiger partial charge is 0.160 e. The summed E-state index contributed by atoms with van der Waals surface area (Å²) in [6, 6.07) is 11.1. The van der Waals surface area contributed by atoms with Gasteiger partial charge in [0.15, 0.2) is 5.84 Å². The molecular formula is C21H17ClN6O. The minimum absolute atomic E-state index is 0.447. The number of benzene rings is 2. The number of aryl methyl sites for hydroxylation is 1. The van der Waals surface area contributed by atoms with E-state index in [4.69, 9.17) is 16.3 Å². The van der Waals surface area contributed by atoms with E-state index in [-0.39, 0.29) is 0 Å². The Morgan fingerprint density at radius 3 is 2.90 bits per heavy atom. The van der Waals surface area contributed by atoms with Gasteiger partial charge in [-0.05, 0) is 30.3 Å². The number of ether oxygens (including phenoxy) is 1. The molecule has 0 atom stereocenters. The van der Waals surface area contributed by atoms with Crippen LogP contribution in [0.1, 0.15) is 0 Å². The molecule has 29 heavy (non-hydrogen) atoms. The summed E-state index contributed by atoms with van der Waals surface area (Å²) in [5.41, 5.74) is 3.62. The Kier molecular flexibility index (Phi) is 4.97. The summed E-state index contributed by atoms with van der Waals surface area (Å²) in [5.74, 6) is 1.70. The number of hydrogen-bond donors (Lipinski definition) is 1. The van der Waals surface area contributed by atoms with Crippen LogP contribution in [-0.4, -0.2) is 27.4 Å². The molecule has 4 rings (SSSR count). The summed E-state index contributed by atoms with van der Waals surface area (Å²) >= 11 is 6.43. The Hall–Kier alpha value is -3.71. The van der Waals surface area contributed by atoms with Crippen LogP contribution in [0.5, 0.6) is 11.5 Å². The van der Waals surface area contributed by atoms with Gasteiger partial charge in [0.05, 0.1) is 28.1 Å². The average Bonchev–Trinajstić information content (AvgIpc) is 3.07. The van der Waals surface area contributed by atoms with Crippen molar-refractivity contribution in [1.82, 2.24) is 9.55 Å². The first kappa shape index (κ1) is 18.6. The molecule has 2 heterocycles. The van der Waals surface area contributed by atoms with Gasteiger partial charge in [0, 0.05) is 25.0 Å². The van der Waals surface area contributed by atoms with Crippen molar-refractivity contribution in [3.8, 4) is 11.5 Å². The van der Waals surface area contributed by atoms with Gasteiger partial charge in [-0.1, -0.05) is 24.8 Å². The van der Waals surface area contributed by atoms with Gasteiger partial charge in [-0.2, -0.15) is 0 Å². The summed E-state index contributed by atoms with van der Waals surface area (Å²) in [5, 5.41) is 3.62. The van der Waals surface area contributed by atoms with Crippen molar-refractivity contribution in [1.29, 1.82) is 0 Å². The monoisotopic (exact) mass is 404 g/mol. The van der Waals surface area contributed by atoms with Crippen LogP contribution in [0, 0.1) is 0 Å². The van der Waals surface area contributed by atoms with Crippen molar-refractivity contribution in [3.05, 3.63) is 72.8 Å². The predicted octanol–water partition coefficient (Wildman–Crippen LogP) is 4.97. The first-order valence-corrected chi connectivity index (χ1v) is 9.07. The maximum atomic E-state index is 6.43. The molecule has 3 aromatic rings. The maximum Gasteiger partial charge on any atom is 0.160 e. The summed E-state index contributed by atoms with van der Waals surface area (Å²) in [6.45, 7) is 7.47. The zero-order valence-corrected chi connectivity index (χ0v) is 16.4. The number of rotatable bonds is 4. The number of anilines is 1. The van der Waals surface area contributed by atoms with Gasteiger partial charge in [-0.15, -0.1) is 0 Å². The largest absolute Gasteiger partial charge is 0.456 e. The SMILES string of the molecule is C=C/N=C1\C(=C)N=CN=C1Nc1ccc(Oc2ccc3c(c2)ncn3C)c(Cl)c1. The summed E-state index contributed by atoms with van der Waals surface area (Å²) in [4.78, 5) is 16.8. The Balaban J connectivity index is 1.55. The lowest BCUT2D eigenvalue weighted by Crippen LogP contribution is -2.26. The molecule has 0 saturated carbocycles. The number of aliphatic imine (C=N–C) groups is 3. The molecule has 0 radical (unpaired) electrons. The van der Waals surface area contributed by atoms with E-state index in [0.717, 1.165) is 16.7 Å². The molecule has 1 aliphatic heterocycles. The van der Waals surface area contributed by atoms with Gasteiger partial charge in [0.25, 0.3) is 0 Å². The van der Waals surface area contributed by atoms with E-state index in [1.807, 2.05) is 35.9 Å². The number of nitrogens with one attached hydrogen (secondary N) is 1. The van der Waals surface area contributed by atoms with Gasteiger partial charge in [-0.3, -0.25) is 4.99 Å². The molecule has 144 valence electrons. The lowest BCUT2D eigenvalue weighted by atomic mass is 10.2. The minimum Gasteiger partial charge on any atom is -0.456 e. The summed E-state index contributed by atoms with van der Waals surface area (Å²) < 4.78 is 7.88. The fraction of sp³-hybridized carbons (Fsp3) is 0.0476. The van der Waals surface area contributed by atoms with Crippen LogP contribution in [0.4, 0.5) is 5.69 Å². The molecule has 7 nitrogen and oxygen atoms in total. The molecule has 0 spiro atoms. The van der Waals surface area contributed by atoms with Crippen molar-refractivity contribution in [3.63, 3.8) is 0 Å². The maximum absolute atomic E-state index is 6.43. The first-order chi connectivity index (χ1) is 14.0. The lowest BCUT2D eigenvalue weighted by Gasteiger charge is -2.15. The van der Waals surface area contributed by atoms with Gasteiger partial charge >= 0.3 is 0 Å². The normalized spacial score (nSPS) is 14.9. The van der Waals surface area contributed by atoms with E-state index >= 15 is 0 Å². The first-order valence-electron chi connectivity index (χ1n) is 8.69. The highest BCUT2D eigenvalue weighted by molar-refractivity contribution is 6.52. The molecule has 0 aliphatic carbocycles. The van der Waals surface area contributed by atoms with E-state index in [0.29, 0.717) is 33.8 Å². The van der Waals surface area contributed by atoms with Gasteiger partial charge in [0.1, 0.15) is 23.5 Å². The van der Waals surface area contributed by atoms with Crippen molar-refractivity contribution < 1.29 is 4.74 Å². The predicted molar refractivity (Wildman–Crippen MR) is 119 cm³/mol. The van der Waals surface area contributed by atoms with Crippen molar-refractivity contribution in [2.75, 3.05) is 5.32 Å². The van der Waals surface area contributed by atoms with Crippen LogP contribution in [0.25, 0.3) is 11.0 Å². The van der Waals surface area contributed by atoms with Gasteiger partial charge < -0.3 is 14.6 Å². The Morgan fingerprint density at radius 1 is 1.24 bits per heavy atom. The minimum atomic E-state index is 0.447. The highest BCUT2D eigenvalue weighted by atomic mass is 35.5. The zero-order valence-electron chi connectivity index (χ0n) is 15.6. The van der Waals surface area contributed by atoms with E-state index < -0.39 is 0 Å². The second-order valence-corrected chi connectivity index (χ2v) is 6.61. The topological polar surface area (TPSA) is 76.2 Å². The van der Waals surface area contributed by atoms with Crippen LogP contribution in [0.15, 0.2) is 82.8 Å². The fourth-order valence-corrected chi connectivity index (χ4v) is 3.06. The number of fused-ring (bicyclic) bond motifs is 1. The number of imidazole rings is 1. The molecule has 0 fully saturated rings.